The highest BCUT2D eigenvalue weighted by Gasteiger charge is 2.46. The second-order valence-corrected chi connectivity index (χ2v) is 13.1. The van der Waals surface area contributed by atoms with Crippen molar-refractivity contribution in [1.29, 1.82) is 0 Å². The van der Waals surface area contributed by atoms with Gasteiger partial charge in [0.15, 0.2) is 11.5 Å². The van der Waals surface area contributed by atoms with Gasteiger partial charge < -0.3 is 33.5 Å². The number of fused-ring (bicyclic) bond motifs is 3. The molecule has 0 bridgehead atoms. The van der Waals surface area contributed by atoms with E-state index in [-0.39, 0.29) is 29.3 Å². The Bertz CT molecular complexity index is 1870. The second-order valence-electron chi connectivity index (χ2n) is 12.3. The molecule has 4 aliphatic heterocycles. The standard InChI is InChI=1S/C33H31Cl2FN4O6/c1-33(21-6-5-19(34)13-23(21)36)45-28-4-2-3-24(31(28)46-33)39-9-8-38(26-16-43-17-27(26)39)15-29-37-30-22(35)11-18(32(41)42)12-25(30)40(29)14-20-7-10-44-20/h2-6,11-13,20,26-27H,7-10,14-17H2,1H3,(H,41,42)/t20-,26+,27-,33-/m0/s1. The molecule has 3 fully saturated rings. The molecule has 46 heavy (non-hydrogen) atoms. The fraction of sp³-hybridized carbons (Fsp3) is 0.394. The lowest BCUT2D eigenvalue weighted by atomic mass is 10.0. The molecule has 1 aromatic heterocycles. The molecule has 4 aliphatic rings. The molecule has 240 valence electrons. The molecule has 5 heterocycles. The van der Waals surface area contributed by atoms with E-state index in [1.54, 1.807) is 25.1 Å². The molecule has 4 atom stereocenters. The van der Waals surface area contributed by atoms with Gasteiger partial charge in [-0.15, -0.1) is 0 Å². The van der Waals surface area contributed by atoms with Crippen molar-refractivity contribution in [2.24, 2.45) is 0 Å². The van der Waals surface area contributed by atoms with Crippen molar-refractivity contribution in [3.05, 3.63) is 81.3 Å². The van der Waals surface area contributed by atoms with Gasteiger partial charge in [0, 0.05) is 31.6 Å². The van der Waals surface area contributed by atoms with Gasteiger partial charge in [-0.25, -0.2) is 14.2 Å². The third-order valence-corrected chi connectivity index (χ3v) is 9.99. The summed E-state index contributed by atoms with van der Waals surface area (Å²) in [6.45, 7) is 5.94. The van der Waals surface area contributed by atoms with Crippen LogP contribution in [0.3, 0.4) is 0 Å². The van der Waals surface area contributed by atoms with Crippen LogP contribution >= 0.6 is 23.2 Å². The summed E-state index contributed by atoms with van der Waals surface area (Å²) >= 11 is 12.6. The number of piperazine rings is 1. The topological polar surface area (TPSA) is 98.5 Å². The Hall–Kier alpha value is -3.61. The molecule has 13 heteroatoms. The van der Waals surface area contributed by atoms with Gasteiger partial charge in [-0.1, -0.05) is 29.3 Å². The van der Waals surface area contributed by atoms with E-state index in [1.165, 1.54) is 12.1 Å². The van der Waals surface area contributed by atoms with Crippen LogP contribution in [0.2, 0.25) is 10.0 Å². The summed E-state index contributed by atoms with van der Waals surface area (Å²) in [5.74, 6) is -1.00. The van der Waals surface area contributed by atoms with E-state index >= 15 is 0 Å². The van der Waals surface area contributed by atoms with E-state index in [0.717, 1.165) is 17.9 Å². The molecule has 0 aliphatic carbocycles. The van der Waals surface area contributed by atoms with Crippen LogP contribution in [-0.2, 0) is 28.4 Å². The van der Waals surface area contributed by atoms with Crippen LogP contribution in [0.4, 0.5) is 10.1 Å². The van der Waals surface area contributed by atoms with Gasteiger partial charge >= 0.3 is 5.97 Å². The molecule has 0 spiro atoms. The molecule has 10 nitrogen and oxygen atoms in total. The van der Waals surface area contributed by atoms with Crippen molar-refractivity contribution < 1.29 is 33.2 Å². The number of ether oxygens (including phenoxy) is 4. The zero-order valence-electron chi connectivity index (χ0n) is 24.9. The Kier molecular flexibility index (Phi) is 7.30. The number of aromatic carboxylic acids is 1. The lowest BCUT2D eigenvalue weighted by Gasteiger charge is -2.44. The van der Waals surface area contributed by atoms with E-state index in [9.17, 15) is 14.3 Å². The maximum atomic E-state index is 15.0. The minimum atomic E-state index is -1.36. The minimum Gasteiger partial charge on any atom is -0.478 e. The normalized spacial score (nSPS) is 25.6. The predicted octanol–water partition coefficient (Wildman–Crippen LogP) is 5.70. The number of carboxylic acid groups (broad SMARTS) is 1. The van der Waals surface area contributed by atoms with Crippen molar-refractivity contribution in [1.82, 2.24) is 14.5 Å². The lowest BCUT2D eigenvalue weighted by Crippen LogP contribution is -2.59. The van der Waals surface area contributed by atoms with Crippen molar-refractivity contribution >= 4 is 45.9 Å². The summed E-state index contributed by atoms with van der Waals surface area (Å²) in [6.07, 6.45) is 0.969. The monoisotopic (exact) mass is 668 g/mol. The molecule has 3 saturated heterocycles. The summed E-state index contributed by atoms with van der Waals surface area (Å²) in [5, 5.41) is 10.3. The number of nitrogens with zero attached hydrogens (tertiary/aromatic N) is 4. The fourth-order valence-electron chi connectivity index (χ4n) is 7.04. The summed E-state index contributed by atoms with van der Waals surface area (Å²) in [4.78, 5) is 21.4. The van der Waals surface area contributed by atoms with Gasteiger partial charge in [-0.05, 0) is 48.9 Å². The number of hydrogen-bond acceptors (Lipinski definition) is 8. The van der Waals surface area contributed by atoms with E-state index < -0.39 is 17.6 Å². The molecule has 0 saturated carbocycles. The molecule has 0 radical (unpaired) electrons. The highest BCUT2D eigenvalue weighted by atomic mass is 35.5. The Morgan fingerprint density at radius 2 is 1.93 bits per heavy atom. The predicted molar refractivity (Wildman–Crippen MR) is 169 cm³/mol. The average molecular weight is 670 g/mol. The second kappa shape index (κ2) is 11.3. The van der Waals surface area contributed by atoms with Gasteiger partial charge in [-0.2, -0.15) is 0 Å². The van der Waals surface area contributed by atoms with E-state index in [1.807, 2.05) is 18.2 Å². The van der Waals surface area contributed by atoms with Crippen LogP contribution in [-0.4, -0.2) is 76.6 Å². The van der Waals surface area contributed by atoms with Gasteiger partial charge in [0.25, 0.3) is 5.79 Å². The number of benzene rings is 3. The molecule has 0 unspecified atom stereocenters. The third kappa shape index (κ3) is 4.96. The Balaban J connectivity index is 1.08. The zero-order valence-corrected chi connectivity index (χ0v) is 26.4. The molecular weight excluding hydrogens is 638 g/mol. The number of para-hydroxylation sites is 1. The van der Waals surface area contributed by atoms with Gasteiger partial charge in [-0.3, -0.25) is 4.90 Å². The lowest BCUT2D eigenvalue weighted by molar-refractivity contribution is -0.0705. The SMILES string of the molecule is C[C@]1(c2ccc(Cl)cc2F)Oc2cccc(N3CCN(Cc4nc5c(Cl)cc(C(=O)O)cc5n4C[C@@H]4CCO4)[C@@H]4COC[C@@H]43)c2O1. The number of carbonyl (C=O) groups is 1. The van der Waals surface area contributed by atoms with E-state index in [4.69, 9.17) is 47.1 Å². The van der Waals surface area contributed by atoms with Gasteiger partial charge in [0.2, 0.25) is 0 Å². The number of hydrogen-bond donors (Lipinski definition) is 1. The van der Waals surface area contributed by atoms with Crippen LogP contribution in [0, 0.1) is 5.82 Å². The number of imidazole rings is 1. The fourth-order valence-corrected chi connectivity index (χ4v) is 7.45. The van der Waals surface area contributed by atoms with Crippen LogP contribution in [0.1, 0.15) is 35.1 Å². The molecule has 3 aromatic carbocycles. The quantitative estimate of drug-likeness (QED) is 0.266. The van der Waals surface area contributed by atoms with E-state index in [2.05, 4.69) is 14.4 Å². The Labute approximate surface area is 274 Å². The first-order chi connectivity index (χ1) is 22.2. The Morgan fingerprint density at radius 3 is 2.70 bits per heavy atom. The highest BCUT2D eigenvalue weighted by Crippen LogP contribution is 2.51. The number of anilines is 1. The smallest absolute Gasteiger partial charge is 0.335 e. The molecular formula is C33H31Cl2FN4O6. The number of halogens is 3. The minimum absolute atomic E-state index is 0.0120. The number of aromatic nitrogens is 2. The third-order valence-electron chi connectivity index (χ3n) is 9.47. The molecule has 8 rings (SSSR count). The zero-order chi connectivity index (χ0) is 31.7. The Morgan fingerprint density at radius 1 is 1.11 bits per heavy atom. The van der Waals surface area contributed by atoms with Gasteiger partial charge in [0.05, 0.1) is 71.8 Å². The summed E-state index contributed by atoms with van der Waals surface area (Å²) in [5.41, 5.74) is 2.50. The maximum absolute atomic E-state index is 15.0. The maximum Gasteiger partial charge on any atom is 0.335 e. The van der Waals surface area contributed by atoms with Crippen LogP contribution in [0.5, 0.6) is 11.5 Å². The molecule has 4 aromatic rings. The highest BCUT2D eigenvalue weighted by molar-refractivity contribution is 6.35. The first-order valence-electron chi connectivity index (χ1n) is 15.3. The first-order valence-corrected chi connectivity index (χ1v) is 16.0. The summed E-state index contributed by atoms with van der Waals surface area (Å²) in [6, 6.07) is 13.3. The van der Waals surface area contributed by atoms with Crippen molar-refractivity contribution in [3.8, 4) is 11.5 Å². The number of rotatable bonds is 7. The van der Waals surface area contributed by atoms with Crippen molar-refractivity contribution in [3.63, 3.8) is 0 Å². The van der Waals surface area contributed by atoms with E-state index in [0.29, 0.717) is 78.6 Å². The molecule has 1 N–H and O–H groups in total. The summed E-state index contributed by atoms with van der Waals surface area (Å²) < 4.78 is 41.5. The number of carboxylic acids is 1. The van der Waals surface area contributed by atoms with Crippen molar-refractivity contribution in [2.75, 3.05) is 37.8 Å². The van der Waals surface area contributed by atoms with Crippen LogP contribution in [0.25, 0.3) is 11.0 Å². The van der Waals surface area contributed by atoms with Crippen molar-refractivity contribution in [2.45, 2.75) is 50.4 Å². The van der Waals surface area contributed by atoms with Gasteiger partial charge in [0.1, 0.15) is 17.2 Å². The van der Waals surface area contributed by atoms with Crippen LogP contribution < -0.4 is 14.4 Å². The largest absolute Gasteiger partial charge is 0.478 e. The first kappa shape index (κ1) is 29.8. The average Bonchev–Trinajstić information content (AvgIpc) is 3.71. The summed E-state index contributed by atoms with van der Waals surface area (Å²) in [7, 11) is 0. The molecule has 0 amide bonds. The van der Waals surface area contributed by atoms with Crippen LogP contribution in [0.15, 0.2) is 48.5 Å².